The minimum atomic E-state index is 0.503. The van der Waals surface area contributed by atoms with Crippen molar-refractivity contribution in [2.24, 2.45) is 0 Å². The fourth-order valence-electron chi connectivity index (χ4n) is 2.56. The van der Waals surface area contributed by atoms with Crippen LogP contribution in [0.2, 0.25) is 0 Å². The van der Waals surface area contributed by atoms with Gasteiger partial charge < -0.3 is 4.74 Å². The molecule has 16 heavy (non-hydrogen) atoms. The van der Waals surface area contributed by atoms with Crippen LogP contribution in [-0.2, 0) is 0 Å². The van der Waals surface area contributed by atoms with Gasteiger partial charge in [0.05, 0.1) is 7.11 Å². The highest BCUT2D eigenvalue weighted by Crippen LogP contribution is 2.35. The largest absolute Gasteiger partial charge is 0.481 e. The molecule has 0 N–H and O–H groups in total. The molecule has 0 aromatic carbocycles. The molecule has 0 saturated carbocycles. The van der Waals surface area contributed by atoms with E-state index in [1.54, 1.807) is 13.3 Å². The SMILES string of the molecule is CCCN1CCC[C@H]1c1cccnc1OC. The van der Waals surface area contributed by atoms with Crippen molar-refractivity contribution in [3.05, 3.63) is 23.9 Å². The predicted octanol–water partition coefficient (Wildman–Crippen LogP) is 2.64. The zero-order valence-electron chi connectivity index (χ0n) is 10.1. The fraction of sp³-hybridized carbons (Fsp3) is 0.615. The Kier molecular flexibility index (Phi) is 3.78. The van der Waals surface area contributed by atoms with E-state index in [9.17, 15) is 0 Å². The summed E-state index contributed by atoms with van der Waals surface area (Å²) in [5.74, 6) is 0.788. The number of aromatic nitrogens is 1. The van der Waals surface area contributed by atoms with Crippen molar-refractivity contribution in [2.45, 2.75) is 32.2 Å². The second kappa shape index (κ2) is 5.30. The Morgan fingerprint density at radius 3 is 3.19 bits per heavy atom. The lowest BCUT2D eigenvalue weighted by Gasteiger charge is -2.24. The lowest BCUT2D eigenvalue weighted by molar-refractivity contribution is 0.250. The van der Waals surface area contributed by atoms with Gasteiger partial charge in [-0.2, -0.15) is 0 Å². The van der Waals surface area contributed by atoms with Gasteiger partial charge in [-0.05, 0) is 38.4 Å². The Balaban J connectivity index is 2.21. The summed E-state index contributed by atoms with van der Waals surface area (Å²) in [4.78, 5) is 6.83. The van der Waals surface area contributed by atoms with Gasteiger partial charge in [-0.3, -0.25) is 4.90 Å². The zero-order chi connectivity index (χ0) is 11.4. The Morgan fingerprint density at radius 1 is 1.56 bits per heavy atom. The molecule has 88 valence electrons. The highest BCUT2D eigenvalue weighted by molar-refractivity contribution is 5.29. The summed E-state index contributed by atoms with van der Waals surface area (Å²) < 4.78 is 5.35. The number of hydrogen-bond acceptors (Lipinski definition) is 3. The van der Waals surface area contributed by atoms with Gasteiger partial charge in [-0.15, -0.1) is 0 Å². The van der Waals surface area contributed by atoms with Gasteiger partial charge in [0.25, 0.3) is 0 Å². The Hall–Kier alpha value is -1.09. The van der Waals surface area contributed by atoms with E-state index < -0.39 is 0 Å². The molecule has 0 bridgehead atoms. The number of ether oxygens (including phenoxy) is 1. The van der Waals surface area contributed by atoms with Crippen molar-refractivity contribution < 1.29 is 4.74 Å². The molecular formula is C13H20N2O. The van der Waals surface area contributed by atoms with E-state index in [0.717, 1.165) is 5.88 Å². The van der Waals surface area contributed by atoms with E-state index in [4.69, 9.17) is 4.74 Å². The average Bonchev–Trinajstić information content (AvgIpc) is 2.77. The first-order valence-electron chi connectivity index (χ1n) is 6.09. The summed E-state index contributed by atoms with van der Waals surface area (Å²) >= 11 is 0. The van der Waals surface area contributed by atoms with Crippen LogP contribution < -0.4 is 4.74 Å². The average molecular weight is 220 g/mol. The molecule has 1 saturated heterocycles. The molecule has 2 heterocycles. The molecule has 0 aliphatic carbocycles. The van der Waals surface area contributed by atoms with Gasteiger partial charge in [0.15, 0.2) is 0 Å². The summed E-state index contributed by atoms with van der Waals surface area (Å²) in [5.41, 5.74) is 1.25. The molecule has 1 aliphatic rings. The summed E-state index contributed by atoms with van der Waals surface area (Å²) in [6.07, 6.45) is 5.51. The summed E-state index contributed by atoms with van der Waals surface area (Å²) in [7, 11) is 1.70. The van der Waals surface area contributed by atoms with E-state index in [1.807, 2.05) is 6.07 Å². The number of methoxy groups -OCH3 is 1. The normalized spacial score (nSPS) is 21.2. The predicted molar refractivity (Wildman–Crippen MR) is 64.6 cm³/mol. The van der Waals surface area contributed by atoms with Gasteiger partial charge in [-0.25, -0.2) is 4.98 Å². The lowest BCUT2D eigenvalue weighted by Crippen LogP contribution is -2.24. The van der Waals surface area contributed by atoms with Crippen molar-refractivity contribution in [1.82, 2.24) is 9.88 Å². The minimum Gasteiger partial charge on any atom is -0.481 e. The van der Waals surface area contributed by atoms with Gasteiger partial charge in [0.1, 0.15) is 0 Å². The van der Waals surface area contributed by atoms with Crippen LogP contribution in [0.25, 0.3) is 0 Å². The molecule has 3 nitrogen and oxygen atoms in total. The highest BCUT2D eigenvalue weighted by Gasteiger charge is 2.27. The van der Waals surface area contributed by atoms with E-state index in [0.29, 0.717) is 6.04 Å². The second-order valence-corrected chi connectivity index (χ2v) is 4.30. The van der Waals surface area contributed by atoms with E-state index in [2.05, 4.69) is 22.9 Å². The Morgan fingerprint density at radius 2 is 2.44 bits per heavy atom. The topological polar surface area (TPSA) is 25.4 Å². The van der Waals surface area contributed by atoms with Crippen molar-refractivity contribution in [3.8, 4) is 5.88 Å². The highest BCUT2D eigenvalue weighted by atomic mass is 16.5. The molecule has 1 fully saturated rings. The van der Waals surface area contributed by atoms with Crippen LogP contribution >= 0.6 is 0 Å². The molecule has 1 aromatic rings. The number of hydrogen-bond donors (Lipinski definition) is 0. The van der Waals surface area contributed by atoms with Gasteiger partial charge in [-0.1, -0.05) is 13.0 Å². The number of likely N-dealkylation sites (tertiary alicyclic amines) is 1. The van der Waals surface area contributed by atoms with Gasteiger partial charge in [0.2, 0.25) is 5.88 Å². The third kappa shape index (κ3) is 2.19. The molecule has 1 aromatic heterocycles. The molecular weight excluding hydrogens is 200 g/mol. The first-order chi connectivity index (χ1) is 7.86. The number of rotatable bonds is 4. The zero-order valence-corrected chi connectivity index (χ0v) is 10.1. The minimum absolute atomic E-state index is 0.503. The maximum absolute atomic E-state index is 5.35. The van der Waals surface area contributed by atoms with E-state index in [1.165, 1.54) is 37.9 Å². The molecule has 3 heteroatoms. The standard InChI is InChI=1S/C13H20N2O/c1-3-9-15-10-5-7-12(15)11-6-4-8-14-13(11)16-2/h4,6,8,12H,3,5,7,9-10H2,1-2H3/t12-/m0/s1. The third-order valence-corrected chi connectivity index (χ3v) is 3.23. The summed E-state index contributed by atoms with van der Waals surface area (Å²) in [5, 5.41) is 0. The Labute approximate surface area is 97.4 Å². The quantitative estimate of drug-likeness (QED) is 0.780. The van der Waals surface area contributed by atoms with Crippen LogP contribution in [0.3, 0.4) is 0 Å². The van der Waals surface area contributed by atoms with Crippen LogP contribution in [0.4, 0.5) is 0 Å². The summed E-state index contributed by atoms with van der Waals surface area (Å²) in [6, 6.07) is 4.65. The van der Waals surface area contributed by atoms with Crippen LogP contribution in [-0.4, -0.2) is 30.1 Å². The van der Waals surface area contributed by atoms with Gasteiger partial charge in [0, 0.05) is 17.8 Å². The maximum atomic E-state index is 5.35. The van der Waals surface area contributed by atoms with Crippen molar-refractivity contribution >= 4 is 0 Å². The van der Waals surface area contributed by atoms with Crippen molar-refractivity contribution in [1.29, 1.82) is 0 Å². The van der Waals surface area contributed by atoms with Crippen molar-refractivity contribution in [2.75, 3.05) is 20.2 Å². The second-order valence-electron chi connectivity index (χ2n) is 4.30. The molecule has 1 aliphatic heterocycles. The smallest absolute Gasteiger partial charge is 0.217 e. The number of pyridine rings is 1. The summed E-state index contributed by atoms with van der Waals surface area (Å²) in [6.45, 7) is 4.61. The third-order valence-electron chi connectivity index (χ3n) is 3.23. The first-order valence-corrected chi connectivity index (χ1v) is 6.09. The number of nitrogens with zero attached hydrogens (tertiary/aromatic N) is 2. The Bertz CT molecular complexity index is 340. The van der Waals surface area contributed by atoms with Crippen LogP contribution in [0.1, 0.15) is 37.8 Å². The van der Waals surface area contributed by atoms with Crippen LogP contribution in [0, 0.1) is 0 Å². The molecule has 0 radical (unpaired) electrons. The van der Waals surface area contributed by atoms with Crippen LogP contribution in [0.15, 0.2) is 18.3 Å². The molecule has 0 spiro atoms. The first kappa shape index (κ1) is 11.4. The monoisotopic (exact) mass is 220 g/mol. The van der Waals surface area contributed by atoms with Gasteiger partial charge >= 0.3 is 0 Å². The molecule has 1 atom stereocenters. The fourth-order valence-corrected chi connectivity index (χ4v) is 2.56. The molecule has 0 amide bonds. The van der Waals surface area contributed by atoms with Crippen molar-refractivity contribution in [3.63, 3.8) is 0 Å². The molecule has 2 rings (SSSR count). The lowest BCUT2D eigenvalue weighted by atomic mass is 10.1. The van der Waals surface area contributed by atoms with E-state index in [-0.39, 0.29) is 0 Å². The van der Waals surface area contributed by atoms with E-state index >= 15 is 0 Å². The molecule has 0 unspecified atom stereocenters. The maximum Gasteiger partial charge on any atom is 0.217 e. The van der Waals surface area contributed by atoms with Crippen LogP contribution in [0.5, 0.6) is 5.88 Å².